The third-order valence-corrected chi connectivity index (χ3v) is 2.61. The van der Waals surface area contributed by atoms with E-state index in [1.807, 2.05) is 12.1 Å². The fourth-order valence-electron chi connectivity index (χ4n) is 1.58. The molecule has 21 heavy (non-hydrogen) atoms. The van der Waals surface area contributed by atoms with Crippen molar-refractivity contribution < 1.29 is 9.23 Å². The molecule has 6 heteroatoms. The second-order valence-electron chi connectivity index (χ2n) is 4.34. The molecule has 0 aliphatic carbocycles. The molecule has 0 aliphatic heterocycles. The highest BCUT2D eigenvalue weighted by molar-refractivity contribution is 5.62. The maximum absolute atomic E-state index is 12.9. The first-order valence-electron chi connectivity index (χ1n) is 6.17. The number of hydrogen-bond donors (Lipinski definition) is 0. The molecule has 0 amide bonds. The molecule has 0 saturated carbocycles. The minimum Gasteiger partial charge on any atom is -0.391 e. The fraction of sp³-hybridized carbons (Fsp3) is 0.267. The zero-order valence-electron chi connectivity index (χ0n) is 11.9. The number of benzene rings is 1. The first kappa shape index (κ1) is 16.2. The van der Waals surface area contributed by atoms with E-state index < -0.39 is 0 Å². The Morgan fingerprint density at radius 2 is 2.10 bits per heavy atom. The maximum Gasteiger partial charge on any atom is 0.149 e. The lowest BCUT2D eigenvalue weighted by atomic mass is 10.2. The first-order valence-corrected chi connectivity index (χ1v) is 6.17. The average molecular weight is 286 g/mol. The molecule has 108 valence electrons. The monoisotopic (exact) mass is 286 g/mol. The van der Waals surface area contributed by atoms with E-state index in [-0.39, 0.29) is 18.0 Å². The fourth-order valence-corrected chi connectivity index (χ4v) is 1.58. The molecule has 0 heterocycles. The summed E-state index contributed by atoms with van der Waals surface area (Å²) in [6.45, 7) is 0.151. The number of hydrogen-bond acceptors (Lipinski definition) is 5. The molecule has 0 N–H and O–H groups in total. The van der Waals surface area contributed by atoms with Crippen LogP contribution in [0.15, 0.2) is 40.7 Å². The smallest absolute Gasteiger partial charge is 0.149 e. The normalized spacial score (nSPS) is 9.76. The molecular formula is C15H15FN4O. The summed E-state index contributed by atoms with van der Waals surface area (Å²) < 4.78 is 12.9. The molecular weight excluding hydrogens is 271 g/mol. The lowest BCUT2D eigenvalue weighted by Crippen LogP contribution is -2.13. The summed E-state index contributed by atoms with van der Waals surface area (Å²) in [5, 5.41) is 21.5. The molecule has 0 atom stereocenters. The van der Waals surface area contributed by atoms with Crippen molar-refractivity contribution in [3.63, 3.8) is 0 Å². The molecule has 0 spiro atoms. The second kappa shape index (κ2) is 8.34. The molecule has 0 unspecified atom stereocenters. The molecule has 1 aromatic rings. The predicted octanol–water partition coefficient (Wildman–Crippen LogP) is 2.58. The SMILES string of the molecule is CN(C)C(C/C=N\OCc1cccc(F)c1)=C(C#N)C#N. The van der Waals surface area contributed by atoms with Gasteiger partial charge in [-0.05, 0) is 17.7 Å². The number of nitriles is 2. The number of rotatable bonds is 6. The Bertz CT molecular complexity index is 607. The third-order valence-electron chi connectivity index (χ3n) is 2.61. The molecule has 1 rings (SSSR count). The van der Waals surface area contributed by atoms with Crippen molar-refractivity contribution in [3.8, 4) is 12.1 Å². The van der Waals surface area contributed by atoms with E-state index in [0.717, 1.165) is 0 Å². The van der Waals surface area contributed by atoms with Crippen LogP contribution < -0.4 is 0 Å². The van der Waals surface area contributed by atoms with Crippen LogP contribution in [0.4, 0.5) is 4.39 Å². The molecule has 5 nitrogen and oxygen atoms in total. The van der Waals surface area contributed by atoms with E-state index in [1.54, 1.807) is 31.1 Å². The molecule has 0 aliphatic rings. The Morgan fingerprint density at radius 1 is 1.38 bits per heavy atom. The van der Waals surface area contributed by atoms with Crippen molar-refractivity contribution in [1.82, 2.24) is 4.90 Å². The topological polar surface area (TPSA) is 72.4 Å². The van der Waals surface area contributed by atoms with E-state index in [2.05, 4.69) is 5.16 Å². The lowest BCUT2D eigenvalue weighted by Gasteiger charge is -2.14. The lowest BCUT2D eigenvalue weighted by molar-refractivity contribution is 0.131. The Labute approximate surface area is 123 Å². The Kier molecular flexibility index (Phi) is 6.43. The minimum atomic E-state index is -0.328. The van der Waals surface area contributed by atoms with Gasteiger partial charge in [0.25, 0.3) is 0 Å². The summed E-state index contributed by atoms with van der Waals surface area (Å²) in [4.78, 5) is 6.73. The van der Waals surface area contributed by atoms with Gasteiger partial charge in [0, 0.05) is 32.4 Å². The molecule has 0 aromatic heterocycles. The third kappa shape index (κ3) is 5.33. The van der Waals surface area contributed by atoms with Gasteiger partial charge in [0.15, 0.2) is 0 Å². The van der Waals surface area contributed by atoms with E-state index in [0.29, 0.717) is 17.7 Å². The van der Waals surface area contributed by atoms with Gasteiger partial charge in [-0.2, -0.15) is 10.5 Å². The van der Waals surface area contributed by atoms with Gasteiger partial charge in [0.1, 0.15) is 30.1 Å². The van der Waals surface area contributed by atoms with Crippen LogP contribution in [0.2, 0.25) is 0 Å². The van der Waals surface area contributed by atoms with Crippen molar-refractivity contribution in [3.05, 3.63) is 46.9 Å². The van der Waals surface area contributed by atoms with Gasteiger partial charge in [-0.1, -0.05) is 17.3 Å². The van der Waals surface area contributed by atoms with Crippen molar-refractivity contribution in [2.45, 2.75) is 13.0 Å². The highest BCUT2D eigenvalue weighted by Gasteiger charge is 2.07. The number of halogens is 1. The zero-order valence-corrected chi connectivity index (χ0v) is 11.9. The summed E-state index contributed by atoms with van der Waals surface area (Å²) in [5.74, 6) is -0.328. The highest BCUT2D eigenvalue weighted by atomic mass is 19.1. The Hall–Kier alpha value is -2.86. The molecule has 0 fully saturated rings. The van der Waals surface area contributed by atoms with Crippen molar-refractivity contribution >= 4 is 6.21 Å². The summed E-state index contributed by atoms with van der Waals surface area (Å²) >= 11 is 0. The number of oxime groups is 1. The van der Waals surface area contributed by atoms with E-state index in [1.165, 1.54) is 18.3 Å². The Balaban J connectivity index is 2.56. The van der Waals surface area contributed by atoms with E-state index in [4.69, 9.17) is 15.4 Å². The Morgan fingerprint density at radius 3 is 2.67 bits per heavy atom. The number of nitrogens with zero attached hydrogens (tertiary/aromatic N) is 4. The van der Waals surface area contributed by atoms with Crippen LogP contribution in [0.25, 0.3) is 0 Å². The van der Waals surface area contributed by atoms with Gasteiger partial charge in [-0.15, -0.1) is 0 Å². The van der Waals surface area contributed by atoms with Crippen LogP contribution in [0.5, 0.6) is 0 Å². The quantitative estimate of drug-likeness (QED) is 0.458. The largest absolute Gasteiger partial charge is 0.391 e. The van der Waals surface area contributed by atoms with Crippen molar-refractivity contribution in [2.75, 3.05) is 14.1 Å². The van der Waals surface area contributed by atoms with Gasteiger partial charge in [-0.25, -0.2) is 4.39 Å². The summed E-state index contributed by atoms with van der Waals surface area (Å²) in [7, 11) is 3.48. The van der Waals surface area contributed by atoms with E-state index >= 15 is 0 Å². The van der Waals surface area contributed by atoms with Gasteiger partial charge in [0.05, 0.1) is 0 Å². The minimum absolute atomic E-state index is 0.0385. The van der Waals surface area contributed by atoms with Crippen molar-refractivity contribution in [2.24, 2.45) is 5.16 Å². The molecule has 0 radical (unpaired) electrons. The van der Waals surface area contributed by atoms with Crippen LogP contribution in [0.1, 0.15) is 12.0 Å². The van der Waals surface area contributed by atoms with Crippen molar-refractivity contribution in [1.29, 1.82) is 10.5 Å². The highest BCUT2D eigenvalue weighted by Crippen LogP contribution is 2.10. The molecule has 0 saturated heterocycles. The van der Waals surface area contributed by atoms with Crippen LogP contribution in [-0.4, -0.2) is 25.2 Å². The molecule has 1 aromatic carbocycles. The molecule has 0 bridgehead atoms. The maximum atomic E-state index is 12.9. The van der Waals surface area contributed by atoms with Gasteiger partial charge in [-0.3, -0.25) is 0 Å². The van der Waals surface area contributed by atoms with Crippen LogP contribution in [-0.2, 0) is 11.4 Å². The summed E-state index contributed by atoms with van der Waals surface area (Å²) in [6, 6.07) is 9.72. The standard InChI is InChI=1S/C15H15FN4O/c1-20(2)15(13(9-17)10-18)6-7-19-21-11-12-4-3-5-14(16)8-12/h3-5,7-8H,6,11H2,1-2H3/b19-7-. The average Bonchev–Trinajstić information content (AvgIpc) is 2.46. The predicted molar refractivity (Wildman–Crippen MR) is 76.2 cm³/mol. The summed E-state index contributed by atoms with van der Waals surface area (Å²) in [6.07, 6.45) is 1.76. The summed E-state index contributed by atoms with van der Waals surface area (Å²) in [5.41, 5.74) is 1.26. The van der Waals surface area contributed by atoms with Crippen LogP contribution in [0.3, 0.4) is 0 Å². The van der Waals surface area contributed by atoms with Crippen LogP contribution in [0, 0.1) is 28.5 Å². The van der Waals surface area contributed by atoms with E-state index in [9.17, 15) is 4.39 Å². The first-order chi connectivity index (χ1) is 10.1. The van der Waals surface area contributed by atoms with Gasteiger partial charge in [0.2, 0.25) is 0 Å². The van der Waals surface area contributed by atoms with Gasteiger partial charge >= 0.3 is 0 Å². The second-order valence-corrected chi connectivity index (χ2v) is 4.34. The van der Waals surface area contributed by atoms with Gasteiger partial charge < -0.3 is 9.74 Å². The number of allylic oxidation sites excluding steroid dienone is 2. The van der Waals surface area contributed by atoms with Crippen LogP contribution >= 0.6 is 0 Å². The zero-order chi connectivity index (χ0) is 15.7.